The fourth-order valence-electron chi connectivity index (χ4n) is 10.4. The molecule has 0 fully saturated rings. The van der Waals surface area contributed by atoms with Gasteiger partial charge in [-0.25, -0.2) is 10.0 Å². The predicted molar refractivity (Wildman–Crippen MR) is 244 cm³/mol. The van der Waals surface area contributed by atoms with Gasteiger partial charge in [0.1, 0.15) is 0 Å². The van der Waals surface area contributed by atoms with Gasteiger partial charge in [0.25, 0.3) is 0 Å². The maximum atomic E-state index is 2.55. The van der Waals surface area contributed by atoms with E-state index in [1.807, 2.05) is 0 Å². The van der Waals surface area contributed by atoms with E-state index in [9.17, 15) is 0 Å². The Kier molecular flexibility index (Phi) is 7.32. The number of hydrogen-bond acceptors (Lipinski definition) is 1. The van der Waals surface area contributed by atoms with Gasteiger partial charge in [-0.3, -0.25) is 0 Å². The van der Waals surface area contributed by atoms with Crippen molar-refractivity contribution in [2.45, 2.75) is 29.6 Å². The molecule has 1 nitrogen and oxygen atoms in total. The van der Waals surface area contributed by atoms with E-state index in [-0.39, 0.29) is 5.41 Å². The van der Waals surface area contributed by atoms with Crippen molar-refractivity contribution < 1.29 is 0 Å². The first-order valence-electron chi connectivity index (χ1n) is 20.0. The van der Waals surface area contributed by atoms with E-state index in [0.29, 0.717) is 0 Å². The lowest BCUT2D eigenvalue weighted by Gasteiger charge is -2.36. The lowest BCUT2D eigenvalue weighted by Crippen LogP contribution is -2.28. The van der Waals surface area contributed by atoms with E-state index in [4.69, 9.17) is 0 Å². The highest BCUT2D eigenvalue weighted by atomic mass is 32.3. The van der Waals surface area contributed by atoms with Crippen LogP contribution in [0.4, 0.5) is 17.1 Å². The van der Waals surface area contributed by atoms with Crippen molar-refractivity contribution in [3.05, 3.63) is 215 Å². The molecule has 1 spiro atoms. The summed E-state index contributed by atoms with van der Waals surface area (Å²) in [5.41, 5.74) is 21.4. The van der Waals surface area contributed by atoms with Crippen molar-refractivity contribution in [1.29, 1.82) is 0 Å². The molecule has 0 heterocycles. The summed E-state index contributed by atoms with van der Waals surface area (Å²) in [4.78, 5) is 3.98. The summed E-state index contributed by atoms with van der Waals surface area (Å²) in [6.07, 6.45) is 7.07. The minimum Gasteiger partial charge on any atom is -0.310 e. The number of hydrogen-bond donors (Lipinski definition) is 0. The third-order valence-corrected chi connectivity index (χ3v) is 14.8. The zero-order chi connectivity index (χ0) is 38.7. The van der Waals surface area contributed by atoms with Crippen molar-refractivity contribution in [2.75, 3.05) is 23.7 Å². The second kappa shape index (κ2) is 12.2. The molecule has 0 aliphatic heterocycles. The maximum absolute atomic E-state index is 2.55. The monoisotopic (exact) mass is 751 g/mol. The molecule has 3 aliphatic carbocycles. The molecule has 0 saturated heterocycles. The number of fused-ring (bicyclic) bond motifs is 13. The van der Waals surface area contributed by atoms with Gasteiger partial charge in [0.2, 0.25) is 0 Å². The molecule has 11 rings (SSSR count). The van der Waals surface area contributed by atoms with Crippen LogP contribution in [0.15, 0.2) is 187 Å². The molecule has 0 aromatic heterocycles. The van der Waals surface area contributed by atoms with Crippen LogP contribution in [0.2, 0.25) is 0 Å². The van der Waals surface area contributed by atoms with E-state index < -0.39 is 15.4 Å². The second-order valence-corrected chi connectivity index (χ2v) is 21.4. The van der Waals surface area contributed by atoms with Crippen LogP contribution in [-0.4, -0.2) is 18.8 Å². The highest BCUT2D eigenvalue weighted by molar-refractivity contribution is 8.32. The molecule has 276 valence electrons. The maximum Gasteiger partial charge on any atom is 0.0746 e. The third-order valence-electron chi connectivity index (χ3n) is 13.1. The van der Waals surface area contributed by atoms with Crippen LogP contribution in [0.25, 0.3) is 44.5 Å². The largest absolute Gasteiger partial charge is 0.310 e. The fourth-order valence-corrected chi connectivity index (χ4v) is 11.4. The smallest absolute Gasteiger partial charge is 0.0746 e. The first-order valence-corrected chi connectivity index (χ1v) is 22.9. The van der Waals surface area contributed by atoms with Crippen molar-refractivity contribution in [2.24, 2.45) is 0 Å². The predicted octanol–water partition coefficient (Wildman–Crippen LogP) is 14.5. The average Bonchev–Trinajstić information content (AvgIpc) is 3.80. The molecule has 3 aliphatic rings. The quantitative estimate of drug-likeness (QED) is 0.169. The van der Waals surface area contributed by atoms with Gasteiger partial charge in [0, 0.05) is 22.4 Å². The van der Waals surface area contributed by atoms with Gasteiger partial charge in [-0.15, -0.1) is 0 Å². The summed E-state index contributed by atoms with van der Waals surface area (Å²) in [5, 5.41) is 0. The van der Waals surface area contributed by atoms with Gasteiger partial charge in [0.15, 0.2) is 0 Å². The fraction of sp³-hybridized carbons (Fsp3) is 0.127. The molecule has 0 bridgehead atoms. The first-order chi connectivity index (χ1) is 27.7. The van der Waals surface area contributed by atoms with Crippen LogP contribution in [0.5, 0.6) is 0 Å². The van der Waals surface area contributed by atoms with Crippen LogP contribution in [0.3, 0.4) is 0 Å². The normalized spacial score (nSPS) is 15.0. The lowest BCUT2D eigenvalue weighted by atomic mass is 9.70. The van der Waals surface area contributed by atoms with Crippen molar-refractivity contribution >= 4 is 27.1 Å². The van der Waals surface area contributed by atoms with Gasteiger partial charge < -0.3 is 4.90 Å². The van der Waals surface area contributed by atoms with E-state index in [0.717, 1.165) is 5.69 Å². The zero-order valence-electron chi connectivity index (χ0n) is 33.2. The first kappa shape index (κ1) is 34.2. The molecule has 0 unspecified atom stereocenters. The Morgan fingerprint density at radius 3 is 1.39 bits per heavy atom. The average molecular weight is 752 g/mol. The number of rotatable bonds is 5. The molecule has 0 atom stereocenters. The minimum absolute atomic E-state index is 0.127. The molecule has 0 amide bonds. The van der Waals surface area contributed by atoms with Gasteiger partial charge in [0.05, 0.1) is 11.1 Å². The van der Waals surface area contributed by atoms with E-state index in [1.165, 1.54) is 94.2 Å². The molecular formula is C55H45NS. The number of benzene rings is 8. The standard InChI is InChI=1S/C55H45NS/c1-54(2)47-20-10-6-15-41(47)45-34-31-39(35-51(45)54)56(38-29-25-36(26-30-38)37-27-32-40(33-28-37)57(3,4)5)52-24-14-19-46-44-18-9-13-23-50(44)55(53(46)52)48-21-11-7-16-42(48)43-17-8-12-22-49(43)55/h6-35H,1-5H3. The molecule has 0 radical (unpaired) electrons. The van der Waals surface area contributed by atoms with Gasteiger partial charge in [-0.1, -0.05) is 153 Å². The third kappa shape index (κ3) is 4.77. The Morgan fingerprint density at radius 2 is 0.825 bits per heavy atom. The van der Waals surface area contributed by atoms with Crippen molar-refractivity contribution in [1.82, 2.24) is 0 Å². The molecule has 8 aromatic rings. The topological polar surface area (TPSA) is 3.24 Å². The summed E-state index contributed by atoms with van der Waals surface area (Å²) in [5.74, 6) is 0. The van der Waals surface area contributed by atoms with Crippen molar-refractivity contribution in [3.8, 4) is 44.5 Å². The summed E-state index contributed by atoms with van der Waals surface area (Å²) >= 11 is 0. The van der Waals surface area contributed by atoms with E-state index >= 15 is 0 Å². The van der Waals surface area contributed by atoms with Crippen molar-refractivity contribution in [3.63, 3.8) is 0 Å². The molecule has 0 N–H and O–H groups in total. The highest BCUT2D eigenvalue weighted by Crippen LogP contribution is 2.65. The van der Waals surface area contributed by atoms with Crippen LogP contribution in [0.1, 0.15) is 47.2 Å². The lowest BCUT2D eigenvalue weighted by molar-refractivity contribution is 0.660. The van der Waals surface area contributed by atoms with Gasteiger partial charge >= 0.3 is 0 Å². The van der Waals surface area contributed by atoms with Gasteiger partial charge in [-0.05, 0) is 138 Å². The SMILES string of the molecule is CC1(C)c2ccccc2-c2ccc(N(c3ccc(-c4ccc(S(C)(C)C)cc4)cc3)c3cccc4c3C3(c5ccccc5-c5ccccc53)c3ccccc3-4)cc21. The number of nitrogens with zero attached hydrogens (tertiary/aromatic N) is 1. The summed E-state index contributed by atoms with van der Waals surface area (Å²) in [7, 11) is -0.790. The molecular weight excluding hydrogens is 707 g/mol. The highest BCUT2D eigenvalue weighted by Gasteiger charge is 2.53. The Balaban J connectivity index is 1.17. The van der Waals surface area contributed by atoms with Crippen LogP contribution >= 0.6 is 10.0 Å². The summed E-state index contributed by atoms with van der Waals surface area (Å²) in [6, 6.07) is 69.0. The zero-order valence-corrected chi connectivity index (χ0v) is 34.0. The van der Waals surface area contributed by atoms with Gasteiger partial charge in [-0.2, -0.15) is 0 Å². The Bertz CT molecular complexity index is 2840. The van der Waals surface area contributed by atoms with E-state index in [2.05, 4.69) is 220 Å². The molecule has 2 heteroatoms. The Labute approximate surface area is 338 Å². The molecule has 0 saturated carbocycles. The minimum atomic E-state index is -0.790. The van der Waals surface area contributed by atoms with Crippen LogP contribution in [0, 0.1) is 0 Å². The summed E-state index contributed by atoms with van der Waals surface area (Å²) in [6.45, 7) is 4.76. The Morgan fingerprint density at radius 1 is 0.386 bits per heavy atom. The van der Waals surface area contributed by atoms with Crippen LogP contribution < -0.4 is 4.90 Å². The van der Waals surface area contributed by atoms with Crippen LogP contribution in [-0.2, 0) is 10.8 Å². The Hall–Kier alpha value is -6.09. The number of anilines is 3. The molecule has 57 heavy (non-hydrogen) atoms. The summed E-state index contributed by atoms with van der Waals surface area (Å²) < 4.78 is 0. The van der Waals surface area contributed by atoms with E-state index in [1.54, 1.807) is 0 Å². The molecule has 8 aromatic carbocycles. The second-order valence-electron chi connectivity index (χ2n) is 17.2.